The molecule has 6 nitrogen and oxygen atoms in total. The molecule has 0 bridgehead atoms. The lowest BCUT2D eigenvalue weighted by Crippen LogP contribution is -2.52. The molecule has 1 atom stereocenters. The van der Waals surface area contributed by atoms with E-state index < -0.39 is 6.04 Å². The first-order chi connectivity index (χ1) is 16.0. The molecule has 1 saturated carbocycles. The van der Waals surface area contributed by atoms with Gasteiger partial charge in [0.15, 0.2) is 6.61 Å². The maximum Gasteiger partial charge on any atom is 0.261 e. The fourth-order valence-corrected chi connectivity index (χ4v) is 4.28. The van der Waals surface area contributed by atoms with E-state index in [1.807, 2.05) is 31.2 Å². The Morgan fingerprint density at radius 2 is 1.67 bits per heavy atom. The molecule has 0 radical (unpaired) electrons. The smallest absolute Gasteiger partial charge is 0.261 e. The number of hydrogen-bond donors (Lipinski definition) is 1. The number of halogens is 1. The van der Waals surface area contributed by atoms with Crippen molar-refractivity contribution >= 4 is 23.4 Å². The second-order valence-electron chi connectivity index (χ2n) is 8.38. The summed E-state index contributed by atoms with van der Waals surface area (Å²) < 4.78 is 10.9. The zero-order chi connectivity index (χ0) is 23.6. The van der Waals surface area contributed by atoms with Gasteiger partial charge >= 0.3 is 0 Å². The summed E-state index contributed by atoms with van der Waals surface area (Å²) in [5.41, 5.74) is 0.916. The molecule has 1 N–H and O–H groups in total. The zero-order valence-corrected chi connectivity index (χ0v) is 20.1. The van der Waals surface area contributed by atoms with E-state index in [0.717, 1.165) is 37.0 Å². The van der Waals surface area contributed by atoms with Crippen LogP contribution >= 0.6 is 11.6 Å². The topological polar surface area (TPSA) is 67.9 Å². The van der Waals surface area contributed by atoms with Gasteiger partial charge in [0.25, 0.3) is 5.91 Å². The number of rotatable bonds is 10. The van der Waals surface area contributed by atoms with Crippen molar-refractivity contribution in [3.05, 3.63) is 59.1 Å². The number of methoxy groups -OCH3 is 1. The highest BCUT2D eigenvalue weighted by atomic mass is 35.5. The lowest BCUT2D eigenvalue weighted by Gasteiger charge is -2.32. The maximum atomic E-state index is 13.3. The van der Waals surface area contributed by atoms with Crippen LogP contribution in [0.2, 0.25) is 5.02 Å². The van der Waals surface area contributed by atoms with E-state index in [4.69, 9.17) is 21.1 Å². The van der Waals surface area contributed by atoms with Crippen molar-refractivity contribution < 1.29 is 19.1 Å². The third-order valence-electron chi connectivity index (χ3n) is 6.03. The number of carbonyl (C=O) groups is 2. The summed E-state index contributed by atoms with van der Waals surface area (Å²) in [5.74, 6) is 0.950. The summed E-state index contributed by atoms with van der Waals surface area (Å²) in [6, 6.07) is 14.0. The fourth-order valence-electron chi connectivity index (χ4n) is 4.15. The Bertz CT molecular complexity index is 896. The van der Waals surface area contributed by atoms with Gasteiger partial charge in [-0.25, -0.2) is 0 Å². The van der Waals surface area contributed by atoms with E-state index in [1.165, 1.54) is 6.42 Å². The molecule has 0 spiro atoms. The van der Waals surface area contributed by atoms with Crippen molar-refractivity contribution in [2.24, 2.45) is 0 Å². The predicted molar refractivity (Wildman–Crippen MR) is 130 cm³/mol. The predicted octanol–water partition coefficient (Wildman–Crippen LogP) is 4.98. The molecular weight excluding hydrogens is 440 g/mol. The van der Waals surface area contributed by atoms with Crippen LogP contribution in [0.1, 0.15) is 51.0 Å². The summed E-state index contributed by atoms with van der Waals surface area (Å²) in [5, 5.41) is 3.78. The van der Waals surface area contributed by atoms with Gasteiger partial charge in [0.05, 0.1) is 7.11 Å². The standard InChI is InChI=1S/C26H33ClN2O4/c1-3-24(26(31)28-21-7-5-4-6-8-21)29(17-19-9-13-22(32-2)14-10-19)25(30)18-33-23-15-11-20(27)12-16-23/h9-16,21,24H,3-8,17-18H2,1-2H3,(H,28,31)/t24-/m1/s1. The number of hydrogen-bond acceptors (Lipinski definition) is 4. The summed E-state index contributed by atoms with van der Waals surface area (Å²) in [4.78, 5) is 28.1. The quantitative estimate of drug-likeness (QED) is 0.529. The Morgan fingerprint density at radius 1 is 1.03 bits per heavy atom. The van der Waals surface area contributed by atoms with E-state index in [-0.39, 0.29) is 24.5 Å². The molecule has 33 heavy (non-hydrogen) atoms. The second-order valence-corrected chi connectivity index (χ2v) is 8.82. The number of benzene rings is 2. The molecule has 0 saturated heterocycles. The third kappa shape index (κ3) is 7.39. The van der Waals surface area contributed by atoms with Crippen molar-refractivity contribution in [3.63, 3.8) is 0 Å². The largest absolute Gasteiger partial charge is 0.497 e. The maximum absolute atomic E-state index is 13.3. The molecule has 0 aliphatic heterocycles. The van der Waals surface area contributed by atoms with Crippen molar-refractivity contribution in [2.45, 2.75) is 64.1 Å². The zero-order valence-electron chi connectivity index (χ0n) is 19.4. The van der Waals surface area contributed by atoms with Crippen LogP contribution < -0.4 is 14.8 Å². The summed E-state index contributed by atoms with van der Waals surface area (Å²) in [6.07, 6.45) is 5.98. The molecule has 2 aromatic carbocycles. The Labute approximate surface area is 201 Å². The molecule has 1 aliphatic rings. The van der Waals surface area contributed by atoms with E-state index in [1.54, 1.807) is 36.3 Å². The first-order valence-electron chi connectivity index (χ1n) is 11.6. The van der Waals surface area contributed by atoms with E-state index in [9.17, 15) is 9.59 Å². The molecule has 2 amide bonds. The average molecular weight is 473 g/mol. The van der Waals surface area contributed by atoms with Crippen molar-refractivity contribution in [2.75, 3.05) is 13.7 Å². The summed E-state index contributed by atoms with van der Waals surface area (Å²) >= 11 is 5.93. The molecule has 0 unspecified atom stereocenters. The van der Waals surface area contributed by atoms with Gasteiger partial charge in [0, 0.05) is 17.6 Å². The first-order valence-corrected chi connectivity index (χ1v) is 12.0. The van der Waals surface area contributed by atoms with Crippen LogP contribution in [0.4, 0.5) is 0 Å². The van der Waals surface area contributed by atoms with Crippen molar-refractivity contribution in [3.8, 4) is 11.5 Å². The van der Waals surface area contributed by atoms with Crippen LogP contribution in [0.15, 0.2) is 48.5 Å². The van der Waals surface area contributed by atoms with Crippen molar-refractivity contribution in [1.82, 2.24) is 10.2 Å². The van der Waals surface area contributed by atoms with E-state index in [2.05, 4.69) is 5.32 Å². The van der Waals surface area contributed by atoms with Gasteiger partial charge in [0.2, 0.25) is 5.91 Å². The molecular formula is C26H33ClN2O4. The normalized spacial score (nSPS) is 14.9. The van der Waals surface area contributed by atoms with Crippen LogP contribution in [-0.2, 0) is 16.1 Å². The number of amides is 2. The number of carbonyl (C=O) groups excluding carboxylic acids is 2. The van der Waals surface area contributed by atoms with Gasteiger partial charge in [-0.05, 0) is 61.2 Å². The van der Waals surface area contributed by atoms with Gasteiger partial charge < -0.3 is 19.7 Å². The van der Waals surface area contributed by atoms with Gasteiger partial charge in [0.1, 0.15) is 17.5 Å². The van der Waals surface area contributed by atoms with Crippen LogP contribution in [-0.4, -0.2) is 42.5 Å². The highest BCUT2D eigenvalue weighted by Gasteiger charge is 2.30. The molecule has 178 valence electrons. The van der Waals surface area contributed by atoms with Gasteiger partial charge in [-0.15, -0.1) is 0 Å². The summed E-state index contributed by atoms with van der Waals surface area (Å²) in [7, 11) is 1.61. The first kappa shape index (κ1) is 24.9. The molecule has 0 aromatic heterocycles. The van der Waals surface area contributed by atoms with Crippen LogP contribution in [0.5, 0.6) is 11.5 Å². The van der Waals surface area contributed by atoms with Gasteiger partial charge in [-0.3, -0.25) is 9.59 Å². The lowest BCUT2D eigenvalue weighted by atomic mass is 9.95. The number of nitrogens with one attached hydrogen (secondary N) is 1. The summed E-state index contributed by atoms with van der Waals surface area (Å²) in [6.45, 7) is 2.08. The lowest BCUT2D eigenvalue weighted by molar-refractivity contribution is -0.143. The third-order valence-corrected chi connectivity index (χ3v) is 6.28. The Hall–Kier alpha value is -2.73. The highest BCUT2D eigenvalue weighted by molar-refractivity contribution is 6.30. The Morgan fingerprint density at radius 3 is 2.27 bits per heavy atom. The second kappa shape index (κ2) is 12.5. The minimum atomic E-state index is -0.574. The average Bonchev–Trinajstić information content (AvgIpc) is 2.84. The minimum absolute atomic E-state index is 0.0993. The minimum Gasteiger partial charge on any atom is -0.497 e. The molecule has 2 aromatic rings. The highest BCUT2D eigenvalue weighted by Crippen LogP contribution is 2.20. The van der Waals surface area contributed by atoms with E-state index in [0.29, 0.717) is 23.7 Å². The van der Waals surface area contributed by atoms with Crippen LogP contribution in [0.25, 0.3) is 0 Å². The van der Waals surface area contributed by atoms with Gasteiger partial charge in [-0.2, -0.15) is 0 Å². The molecule has 7 heteroatoms. The van der Waals surface area contributed by atoms with Crippen molar-refractivity contribution in [1.29, 1.82) is 0 Å². The molecule has 1 fully saturated rings. The Kier molecular flexibility index (Phi) is 9.43. The van der Waals surface area contributed by atoms with Gasteiger partial charge in [-0.1, -0.05) is 49.9 Å². The number of nitrogens with zero attached hydrogens (tertiary/aromatic N) is 1. The Balaban J connectivity index is 1.74. The monoisotopic (exact) mass is 472 g/mol. The van der Waals surface area contributed by atoms with Crippen LogP contribution in [0.3, 0.4) is 0 Å². The SMILES string of the molecule is CC[C@H](C(=O)NC1CCCCC1)N(Cc1ccc(OC)cc1)C(=O)COc1ccc(Cl)cc1. The number of ether oxygens (including phenoxy) is 2. The molecule has 0 heterocycles. The molecule has 1 aliphatic carbocycles. The van der Waals surface area contributed by atoms with E-state index >= 15 is 0 Å². The molecule has 3 rings (SSSR count). The van der Waals surface area contributed by atoms with Crippen LogP contribution in [0, 0.1) is 0 Å². The fraction of sp³-hybridized carbons (Fsp3) is 0.462.